The van der Waals surface area contributed by atoms with Gasteiger partial charge in [0.2, 0.25) is 11.8 Å². The minimum atomic E-state index is -3.96. The van der Waals surface area contributed by atoms with Crippen molar-refractivity contribution in [1.82, 2.24) is 14.5 Å². The molecule has 0 spiro atoms. The van der Waals surface area contributed by atoms with E-state index in [1.165, 1.54) is 12.1 Å². The maximum Gasteiger partial charge on any atom is 0.269 e. The number of fused-ring (bicyclic) bond motifs is 1. The largest absolute Gasteiger partial charge is 0.354 e. The predicted molar refractivity (Wildman–Crippen MR) is 157 cm³/mol. The molecule has 0 bridgehead atoms. The van der Waals surface area contributed by atoms with Crippen LogP contribution in [0.5, 0.6) is 0 Å². The lowest BCUT2D eigenvalue weighted by Crippen LogP contribution is -2.51. The van der Waals surface area contributed by atoms with Crippen molar-refractivity contribution < 1.29 is 22.8 Å². The van der Waals surface area contributed by atoms with Gasteiger partial charge in [0.05, 0.1) is 5.56 Å². The van der Waals surface area contributed by atoms with Crippen LogP contribution < -0.4 is 5.32 Å². The molecule has 41 heavy (non-hydrogen) atoms. The van der Waals surface area contributed by atoms with Gasteiger partial charge in [-0.15, -0.1) is 0 Å². The Balaban J connectivity index is 1.57. The molecule has 3 aromatic rings. The SMILES string of the molecule is Cc1ccccc1CN(C(=O)CCCN1C(=O)c2ccccc2S1(=O)=O)[C@@H](Cc1ccccc1)C(=O)NCC(C)C. The molecule has 1 aliphatic heterocycles. The smallest absolute Gasteiger partial charge is 0.269 e. The minimum Gasteiger partial charge on any atom is -0.354 e. The highest BCUT2D eigenvalue weighted by molar-refractivity contribution is 7.90. The summed E-state index contributed by atoms with van der Waals surface area (Å²) in [6.45, 7) is 6.56. The minimum absolute atomic E-state index is 0.0118. The monoisotopic (exact) mass is 575 g/mol. The molecular formula is C32H37N3O5S. The van der Waals surface area contributed by atoms with Gasteiger partial charge >= 0.3 is 0 Å². The molecule has 1 aliphatic rings. The molecular weight excluding hydrogens is 538 g/mol. The van der Waals surface area contributed by atoms with Crippen molar-refractivity contribution in [2.75, 3.05) is 13.1 Å². The molecule has 0 aromatic heterocycles. The first-order valence-electron chi connectivity index (χ1n) is 13.9. The maximum atomic E-state index is 13.9. The van der Waals surface area contributed by atoms with E-state index < -0.39 is 22.0 Å². The summed E-state index contributed by atoms with van der Waals surface area (Å²) in [4.78, 5) is 41.8. The van der Waals surface area contributed by atoms with Gasteiger partial charge < -0.3 is 10.2 Å². The first-order valence-corrected chi connectivity index (χ1v) is 15.3. The van der Waals surface area contributed by atoms with E-state index in [0.29, 0.717) is 13.0 Å². The van der Waals surface area contributed by atoms with Crippen LogP contribution in [0.3, 0.4) is 0 Å². The van der Waals surface area contributed by atoms with E-state index in [4.69, 9.17) is 0 Å². The Kier molecular flexibility index (Phi) is 9.60. The van der Waals surface area contributed by atoms with Gasteiger partial charge in [-0.1, -0.05) is 80.6 Å². The number of nitrogens with zero attached hydrogens (tertiary/aromatic N) is 2. The molecule has 1 N–H and O–H groups in total. The van der Waals surface area contributed by atoms with E-state index in [1.54, 1.807) is 17.0 Å². The van der Waals surface area contributed by atoms with Crippen LogP contribution in [0.2, 0.25) is 0 Å². The average Bonchev–Trinajstić information content (AvgIpc) is 3.15. The normalized spacial score (nSPS) is 14.5. The van der Waals surface area contributed by atoms with Gasteiger partial charge in [-0.05, 0) is 48.1 Å². The maximum absolute atomic E-state index is 13.9. The Labute approximate surface area is 242 Å². The van der Waals surface area contributed by atoms with Gasteiger partial charge in [-0.3, -0.25) is 14.4 Å². The van der Waals surface area contributed by atoms with Crippen LogP contribution in [0.15, 0.2) is 83.8 Å². The second-order valence-electron chi connectivity index (χ2n) is 10.8. The van der Waals surface area contributed by atoms with Crippen LogP contribution in [-0.2, 0) is 32.6 Å². The highest BCUT2D eigenvalue weighted by atomic mass is 32.2. The van der Waals surface area contributed by atoms with Crippen molar-refractivity contribution in [2.24, 2.45) is 5.92 Å². The molecule has 1 heterocycles. The fraction of sp³-hybridized carbons (Fsp3) is 0.344. The number of carbonyl (C=O) groups is 3. The van der Waals surface area contributed by atoms with Crippen molar-refractivity contribution in [3.63, 3.8) is 0 Å². The van der Waals surface area contributed by atoms with E-state index in [-0.39, 0.29) is 54.1 Å². The van der Waals surface area contributed by atoms with Gasteiger partial charge in [0.25, 0.3) is 15.9 Å². The number of aryl methyl sites for hydroxylation is 1. The highest BCUT2D eigenvalue weighted by Crippen LogP contribution is 2.30. The fourth-order valence-corrected chi connectivity index (χ4v) is 6.52. The summed E-state index contributed by atoms with van der Waals surface area (Å²) < 4.78 is 26.8. The Bertz CT molecular complexity index is 1500. The summed E-state index contributed by atoms with van der Waals surface area (Å²) in [5, 5.41) is 3.00. The zero-order valence-electron chi connectivity index (χ0n) is 23.7. The Morgan fingerprint density at radius 3 is 2.27 bits per heavy atom. The molecule has 8 nitrogen and oxygen atoms in total. The van der Waals surface area contributed by atoms with Crippen molar-refractivity contribution in [1.29, 1.82) is 0 Å². The zero-order chi connectivity index (χ0) is 29.6. The Morgan fingerprint density at radius 1 is 0.927 bits per heavy atom. The number of benzene rings is 3. The molecule has 0 saturated carbocycles. The van der Waals surface area contributed by atoms with Gasteiger partial charge in [0.15, 0.2) is 0 Å². The lowest BCUT2D eigenvalue weighted by atomic mass is 10.0. The van der Waals surface area contributed by atoms with Crippen molar-refractivity contribution in [2.45, 2.75) is 57.5 Å². The third kappa shape index (κ3) is 7.03. The van der Waals surface area contributed by atoms with Crippen LogP contribution in [0, 0.1) is 12.8 Å². The summed E-state index contributed by atoms with van der Waals surface area (Å²) in [6, 6.07) is 22.6. The standard InChI is InChI=1S/C32H37N3O5S/c1-23(2)21-33-31(37)28(20-25-13-5-4-6-14-25)34(22-26-15-8-7-12-24(26)3)30(36)18-11-19-35-32(38)27-16-9-10-17-29(27)41(35,39)40/h4-10,12-17,23,28H,11,18-22H2,1-3H3,(H,33,37)/t28-/m0/s1. The van der Waals surface area contributed by atoms with Crippen molar-refractivity contribution in [3.05, 3.63) is 101 Å². The molecule has 3 aromatic carbocycles. The number of hydrogen-bond acceptors (Lipinski definition) is 5. The summed E-state index contributed by atoms with van der Waals surface area (Å²) in [5.41, 5.74) is 2.98. The van der Waals surface area contributed by atoms with E-state index in [0.717, 1.165) is 21.0 Å². The Hall–Kier alpha value is -3.98. The molecule has 0 aliphatic carbocycles. The van der Waals surface area contributed by atoms with Crippen molar-refractivity contribution in [3.8, 4) is 0 Å². The van der Waals surface area contributed by atoms with Gasteiger partial charge in [0, 0.05) is 32.5 Å². The predicted octanol–water partition coefficient (Wildman–Crippen LogP) is 4.33. The highest BCUT2D eigenvalue weighted by Gasteiger charge is 2.40. The lowest BCUT2D eigenvalue weighted by molar-refractivity contribution is -0.141. The van der Waals surface area contributed by atoms with Crippen LogP contribution >= 0.6 is 0 Å². The molecule has 3 amide bonds. The number of sulfonamides is 1. The first kappa shape index (κ1) is 30.0. The van der Waals surface area contributed by atoms with E-state index in [2.05, 4.69) is 5.32 Å². The number of hydrogen-bond donors (Lipinski definition) is 1. The molecule has 0 radical (unpaired) electrons. The average molecular weight is 576 g/mol. The van der Waals surface area contributed by atoms with Gasteiger partial charge in [-0.25, -0.2) is 12.7 Å². The van der Waals surface area contributed by atoms with E-state index in [1.807, 2.05) is 75.4 Å². The molecule has 1 atom stereocenters. The van der Waals surface area contributed by atoms with E-state index >= 15 is 0 Å². The van der Waals surface area contributed by atoms with Crippen LogP contribution in [-0.4, -0.2) is 54.5 Å². The summed E-state index contributed by atoms with van der Waals surface area (Å²) in [7, 11) is -3.96. The third-order valence-corrected chi connectivity index (χ3v) is 9.06. The number of amides is 3. The zero-order valence-corrected chi connectivity index (χ0v) is 24.6. The first-order chi connectivity index (χ1) is 19.6. The van der Waals surface area contributed by atoms with E-state index in [9.17, 15) is 22.8 Å². The van der Waals surface area contributed by atoms with Crippen molar-refractivity contribution >= 4 is 27.7 Å². The molecule has 9 heteroatoms. The summed E-state index contributed by atoms with van der Waals surface area (Å²) in [5.74, 6) is -0.867. The quantitative estimate of drug-likeness (QED) is 0.346. The lowest BCUT2D eigenvalue weighted by Gasteiger charge is -2.32. The van der Waals surface area contributed by atoms with Gasteiger partial charge in [0.1, 0.15) is 10.9 Å². The number of rotatable bonds is 12. The van der Waals surface area contributed by atoms with Crippen LogP contribution in [0.4, 0.5) is 0 Å². The molecule has 0 saturated heterocycles. The number of nitrogens with one attached hydrogen (secondary N) is 1. The number of carbonyl (C=O) groups excluding carboxylic acids is 3. The van der Waals surface area contributed by atoms with Crippen LogP contribution in [0.25, 0.3) is 0 Å². The summed E-state index contributed by atoms with van der Waals surface area (Å²) >= 11 is 0. The second kappa shape index (κ2) is 13.1. The molecule has 4 rings (SSSR count). The topological polar surface area (TPSA) is 104 Å². The fourth-order valence-electron chi connectivity index (χ4n) is 4.92. The Morgan fingerprint density at radius 2 is 1.59 bits per heavy atom. The van der Waals surface area contributed by atoms with Gasteiger partial charge in [-0.2, -0.15) is 0 Å². The molecule has 0 unspecified atom stereocenters. The molecule has 216 valence electrons. The van der Waals surface area contributed by atoms with Crippen LogP contribution in [0.1, 0.15) is 53.7 Å². The second-order valence-corrected chi connectivity index (χ2v) is 12.6. The summed E-state index contributed by atoms with van der Waals surface area (Å²) in [6.07, 6.45) is 0.439. The molecule has 0 fully saturated rings. The third-order valence-electron chi connectivity index (χ3n) is 7.22.